The molecule has 0 aromatic carbocycles. The number of pyridine rings is 1. The van der Waals surface area contributed by atoms with Gasteiger partial charge in [-0.2, -0.15) is 0 Å². The summed E-state index contributed by atoms with van der Waals surface area (Å²) in [7, 11) is 0. The van der Waals surface area contributed by atoms with E-state index in [1.807, 2.05) is 13.8 Å². The first-order chi connectivity index (χ1) is 7.20. The number of carboxylic acids is 1. The van der Waals surface area contributed by atoms with Crippen molar-refractivity contribution in [3.05, 3.63) is 42.0 Å². The van der Waals surface area contributed by atoms with Crippen LogP contribution in [0.15, 0.2) is 30.6 Å². The lowest BCUT2D eigenvalue weighted by Gasteiger charge is -1.96. The van der Waals surface area contributed by atoms with Crippen molar-refractivity contribution in [3.8, 4) is 0 Å². The van der Waals surface area contributed by atoms with E-state index < -0.39 is 11.8 Å². The van der Waals surface area contributed by atoms with E-state index in [2.05, 4.69) is 0 Å². The number of carboxylic acid groups (broad SMARTS) is 1. The third-order valence-electron chi connectivity index (χ3n) is 1.86. The third kappa shape index (κ3) is 1.98. The minimum absolute atomic E-state index is 0.0156. The summed E-state index contributed by atoms with van der Waals surface area (Å²) in [5.41, 5.74) is 0.0908. The molecule has 0 aliphatic carbocycles. The van der Waals surface area contributed by atoms with Gasteiger partial charge in [0.15, 0.2) is 0 Å². The second-order valence-corrected chi connectivity index (χ2v) is 2.65. The van der Waals surface area contributed by atoms with Crippen LogP contribution in [0.3, 0.4) is 0 Å². The molecule has 0 bridgehead atoms. The lowest BCUT2D eigenvalue weighted by Crippen LogP contribution is -1.97. The first kappa shape index (κ1) is 11.2. The average molecular weight is 209 g/mol. The standard InChI is InChI=1S/C9H6FNO2.C2H6/c10-7-2-1-4-11-5-3-6(8(7)11)9(12)13;1-2/h1-5H,(H,12,13);1-2H3. The Labute approximate surface area is 86.8 Å². The molecule has 15 heavy (non-hydrogen) atoms. The molecule has 0 spiro atoms. The van der Waals surface area contributed by atoms with Gasteiger partial charge in [0.05, 0.1) is 11.1 Å². The van der Waals surface area contributed by atoms with Crippen molar-refractivity contribution in [3.63, 3.8) is 0 Å². The average Bonchev–Trinajstić information content (AvgIpc) is 2.66. The summed E-state index contributed by atoms with van der Waals surface area (Å²) >= 11 is 0. The van der Waals surface area contributed by atoms with Gasteiger partial charge in [-0.1, -0.05) is 13.8 Å². The number of aromatic nitrogens is 1. The maximum absolute atomic E-state index is 13.2. The molecular weight excluding hydrogens is 197 g/mol. The molecule has 4 heteroatoms. The fourth-order valence-corrected chi connectivity index (χ4v) is 1.30. The molecule has 2 heterocycles. The lowest BCUT2D eigenvalue weighted by atomic mass is 10.2. The Kier molecular flexibility index (Phi) is 3.44. The Bertz CT molecular complexity index is 476. The molecule has 0 saturated heterocycles. The zero-order valence-corrected chi connectivity index (χ0v) is 8.57. The van der Waals surface area contributed by atoms with Gasteiger partial charge in [-0.3, -0.25) is 0 Å². The van der Waals surface area contributed by atoms with Crippen molar-refractivity contribution in [2.24, 2.45) is 0 Å². The zero-order chi connectivity index (χ0) is 11.4. The molecule has 0 radical (unpaired) electrons. The van der Waals surface area contributed by atoms with Crippen LogP contribution in [0.5, 0.6) is 0 Å². The van der Waals surface area contributed by atoms with E-state index in [0.717, 1.165) is 0 Å². The van der Waals surface area contributed by atoms with Gasteiger partial charge in [0, 0.05) is 12.4 Å². The normalized spacial score (nSPS) is 9.53. The molecule has 0 aliphatic rings. The van der Waals surface area contributed by atoms with Crippen LogP contribution in [-0.4, -0.2) is 15.5 Å². The van der Waals surface area contributed by atoms with E-state index in [1.165, 1.54) is 28.8 Å². The van der Waals surface area contributed by atoms with Crippen molar-refractivity contribution in [1.82, 2.24) is 4.40 Å². The molecule has 0 aliphatic heterocycles. The molecule has 80 valence electrons. The van der Waals surface area contributed by atoms with E-state index in [0.29, 0.717) is 0 Å². The van der Waals surface area contributed by atoms with E-state index in [9.17, 15) is 9.18 Å². The monoisotopic (exact) mass is 209 g/mol. The largest absolute Gasteiger partial charge is 0.478 e. The Morgan fingerprint density at radius 3 is 2.60 bits per heavy atom. The number of hydrogen-bond acceptors (Lipinski definition) is 1. The van der Waals surface area contributed by atoms with Crippen LogP contribution in [0.1, 0.15) is 24.2 Å². The van der Waals surface area contributed by atoms with Crippen LogP contribution >= 0.6 is 0 Å². The van der Waals surface area contributed by atoms with Gasteiger partial charge in [-0.25, -0.2) is 9.18 Å². The molecule has 0 saturated carbocycles. The van der Waals surface area contributed by atoms with Crippen LogP contribution in [0.2, 0.25) is 0 Å². The number of hydrogen-bond donors (Lipinski definition) is 1. The number of nitrogens with zero attached hydrogens (tertiary/aromatic N) is 1. The summed E-state index contributed by atoms with van der Waals surface area (Å²) in [6, 6.07) is 4.14. The van der Waals surface area contributed by atoms with Gasteiger partial charge < -0.3 is 9.51 Å². The van der Waals surface area contributed by atoms with Crippen molar-refractivity contribution in [1.29, 1.82) is 0 Å². The van der Waals surface area contributed by atoms with Crippen molar-refractivity contribution >= 4 is 11.5 Å². The number of halogens is 1. The maximum atomic E-state index is 13.2. The highest BCUT2D eigenvalue weighted by Crippen LogP contribution is 2.15. The van der Waals surface area contributed by atoms with Crippen LogP contribution in [0.4, 0.5) is 4.39 Å². The molecular formula is C11H12FNO2. The lowest BCUT2D eigenvalue weighted by molar-refractivity contribution is 0.0699. The molecule has 1 N–H and O–H groups in total. The highest BCUT2D eigenvalue weighted by Gasteiger charge is 2.12. The Morgan fingerprint density at radius 1 is 1.33 bits per heavy atom. The predicted molar refractivity (Wildman–Crippen MR) is 55.7 cm³/mol. The first-order valence-corrected chi connectivity index (χ1v) is 4.68. The van der Waals surface area contributed by atoms with Gasteiger partial charge in [0.25, 0.3) is 0 Å². The van der Waals surface area contributed by atoms with E-state index in [4.69, 9.17) is 5.11 Å². The SMILES string of the molecule is CC.O=C(O)c1ccn2cccc(F)c12. The predicted octanol–water partition coefficient (Wildman–Crippen LogP) is 2.80. The van der Waals surface area contributed by atoms with Gasteiger partial charge in [-0.15, -0.1) is 0 Å². The fourth-order valence-electron chi connectivity index (χ4n) is 1.30. The summed E-state index contributed by atoms with van der Waals surface area (Å²) in [6.07, 6.45) is 3.12. The van der Waals surface area contributed by atoms with E-state index in [1.54, 1.807) is 6.20 Å². The molecule has 2 aromatic rings. The summed E-state index contributed by atoms with van der Waals surface area (Å²) in [5.74, 6) is -1.64. The highest BCUT2D eigenvalue weighted by molar-refractivity contribution is 5.96. The van der Waals surface area contributed by atoms with Crippen LogP contribution < -0.4 is 0 Å². The summed E-state index contributed by atoms with van der Waals surface area (Å²) in [5, 5.41) is 8.72. The molecule has 0 amide bonds. The topological polar surface area (TPSA) is 41.7 Å². The summed E-state index contributed by atoms with van der Waals surface area (Å²) < 4.78 is 14.6. The van der Waals surface area contributed by atoms with Gasteiger partial charge in [-0.05, 0) is 18.2 Å². The van der Waals surface area contributed by atoms with E-state index >= 15 is 0 Å². The minimum atomic E-state index is -1.12. The molecule has 3 nitrogen and oxygen atoms in total. The molecule has 0 unspecified atom stereocenters. The van der Waals surface area contributed by atoms with Crippen LogP contribution in [-0.2, 0) is 0 Å². The zero-order valence-electron chi connectivity index (χ0n) is 8.57. The Balaban J connectivity index is 0.000000531. The Hall–Kier alpha value is -1.84. The highest BCUT2D eigenvalue weighted by atomic mass is 19.1. The molecule has 2 rings (SSSR count). The number of aromatic carboxylic acids is 1. The minimum Gasteiger partial charge on any atom is -0.478 e. The third-order valence-corrected chi connectivity index (χ3v) is 1.86. The van der Waals surface area contributed by atoms with Crippen LogP contribution in [0, 0.1) is 5.82 Å². The van der Waals surface area contributed by atoms with Crippen molar-refractivity contribution in [2.45, 2.75) is 13.8 Å². The Morgan fingerprint density at radius 2 is 2.00 bits per heavy atom. The number of rotatable bonds is 1. The second-order valence-electron chi connectivity index (χ2n) is 2.65. The van der Waals surface area contributed by atoms with E-state index in [-0.39, 0.29) is 11.1 Å². The first-order valence-electron chi connectivity index (χ1n) is 4.68. The second kappa shape index (κ2) is 4.59. The van der Waals surface area contributed by atoms with Crippen LogP contribution in [0.25, 0.3) is 5.52 Å². The van der Waals surface area contributed by atoms with Gasteiger partial charge in [0.2, 0.25) is 0 Å². The van der Waals surface area contributed by atoms with Gasteiger partial charge in [0.1, 0.15) is 5.82 Å². The number of carbonyl (C=O) groups is 1. The van der Waals surface area contributed by atoms with Crippen molar-refractivity contribution < 1.29 is 14.3 Å². The fraction of sp³-hybridized carbons (Fsp3) is 0.182. The number of fused-ring (bicyclic) bond motifs is 1. The summed E-state index contributed by atoms with van der Waals surface area (Å²) in [6.45, 7) is 4.00. The molecule has 0 fully saturated rings. The van der Waals surface area contributed by atoms with Gasteiger partial charge >= 0.3 is 5.97 Å². The van der Waals surface area contributed by atoms with Crippen molar-refractivity contribution in [2.75, 3.05) is 0 Å². The smallest absolute Gasteiger partial charge is 0.337 e. The molecule has 2 aromatic heterocycles. The molecule has 0 atom stereocenters. The quantitative estimate of drug-likeness (QED) is 0.784. The summed E-state index contributed by atoms with van der Waals surface area (Å²) in [4.78, 5) is 10.6. The maximum Gasteiger partial charge on any atom is 0.337 e.